The van der Waals surface area contributed by atoms with Gasteiger partial charge in [0.25, 0.3) is 0 Å². The van der Waals surface area contributed by atoms with E-state index in [2.05, 4.69) is 24.4 Å². The summed E-state index contributed by atoms with van der Waals surface area (Å²) in [7, 11) is 0. The molecule has 2 aromatic rings. The predicted molar refractivity (Wildman–Crippen MR) is 110 cm³/mol. The number of hydrogen-bond acceptors (Lipinski definition) is 2. The summed E-state index contributed by atoms with van der Waals surface area (Å²) in [6.07, 6.45) is 5.36. The van der Waals surface area contributed by atoms with Crippen LogP contribution in [-0.4, -0.2) is 18.4 Å². The third kappa shape index (κ3) is 4.97. The standard InChI is InChI=1S/C23H28N2O2/c1-3-4-6-18-8-10-19(11-9-18)16-22(26)24-20-12-13-21(17(2)15-20)25-14-5-7-23(25)27/h8-13,15H,3-7,14,16H2,1-2H3,(H,24,26). The fraction of sp³-hybridized carbons (Fsp3) is 0.391. The van der Waals surface area contributed by atoms with E-state index < -0.39 is 0 Å². The highest BCUT2D eigenvalue weighted by molar-refractivity contribution is 5.97. The van der Waals surface area contributed by atoms with E-state index in [0.29, 0.717) is 12.8 Å². The fourth-order valence-corrected chi connectivity index (χ4v) is 3.53. The highest BCUT2D eigenvalue weighted by Gasteiger charge is 2.23. The first kappa shape index (κ1) is 19.2. The minimum Gasteiger partial charge on any atom is -0.326 e. The minimum atomic E-state index is -0.0271. The molecule has 0 spiro atoms. The van der Waals surface area contributed by atoms with Gasteiger partial charge in [-0.15, -0.1) is 0 Å². The number of unbranched alkanes of at least 4 members (excludes halogenated alkanes) is 1. The lowest BCUT2D eigenvalue weighted by Gasteiger charge is -2.19. The topological polar surface area (TPSA) is 49.4 Å². The van der Waals surface area contributed by atoms with E-state index in [1.165, 1.54) is 18.4 Å². The smallest absolute Gasteiger partial charge is 0.228 e. The van der Waals surface area contributed by atoms with Gasteiger partial charge in [-0.3, -0.25) is 9.59 Å². The maximum Gasteiger partial charge on any atom is 0.228 e. The van der Waals surface area contributed by atoms with Gasteiger partial charge in [0.15, 0.2) is 0 Å². The van der Waals surface area contributed by atoms with Crippen molar-refractivity contribution in [2.45, 2.75) is 52.4 Å². The molecule has 27 heavy (non-hydrogen) atoms. The molecule has 0 aliphatic carbocycles. The Bertz CT molecular complexity index is 812. The Labute approximate surface area is 161 Å². The summed E-state index contributed by atoms with van der Waals surface area (Å²) in [6.45, 7) is 4.95. The van der Waals surface area contributed by atoms with Crippen molar-refractivity contribution >= 4 is 23.2 Å². The second-order valence-electron chi connectivity index (χ2n) is 7.30. The number of hydrogen-bond donors (Lipinski definition) is 1. The zero-order valence-electron chi connectivity index (χ0n) is 16.3. The summed E-state index contributed by atoms with van der Waals surface area (Å²) in [4.78, 5) is 26.1. The SMILES string of the molecule is CCCCc1ccc(CC(=O)Nc2ccc(N3CCCC3=O)c(C)c2)cc1. The maximum atomic E-state index is 12.4. The number of aryl methyl sites for hydroxylation is 2. The van der Waals surface area contributed by atoms with Crippen LogP contribution in [-0.2, 0) is 22.4 Å². The summed E-state index contributed by atoms with van der Waals surface area (Å²) >= 11 is 0. The van der Waals surface area contributed by atoms with E-state index in [0.717, 1.165) is 41.9 Å². The lowest BCUT2D eigenvalue weighted by Crippen LogP contribution is -2.24. The molecule has 2 amide bonds. The van der Waals surface area contributed by atoms with Crippen molar-refractivity contribution < 1.29 is 9.59 Å². The zero-order valence-corrected chi connectivity index (χ0v) is 16.3. The van der Waals surface area contributed by atoms with Gasteiger partial charge in [0.05, 0.1) is 6.42 Å². The Morgan fingerprint density at radius 2 is 1.85 bits per heavy atom. The first-order chi connectivity index (χ1) is 13.1. The van der Waals surface area contributed by atoms with E-state index in [9.17, 15) is 9.59 Å². The van der Waals surface area contributed by atoms with E-state index in [-0.39, 0.29) is 11.8 Å². The van der Waals surface area contributed by atoms with Crippen LogP contribution in [0, 0.1) is 6.92 Å². The molecule has 4 heteroatoms. The zero-order chi connectivity index (χ0) is 19.2. The average Bonchev–Trinajstić information content (AvgIpc) is 3.07. The molecule has 0 unspecified atom stereocenters. The number of nitrogens with zero attached hydrogens (tertiary/aromatic N) is 1. The summed E-state index contributed by atoms with van der Waals surface area (Å²) in [5.41, 5.74) is 5.06. The third-order valence-corrected chi connectivity index (χ3v) is 5.05. The lowest BCUT2D eigenvalue weighted by molar-refractivity contribution is -0.117. The van der Waals surface area contributed by atoms with Crippen molar-refractivity contribution in [1.82, 2.24) is 0 Å². The Hall–Kier alpha value is -2.62. The van der Waals surface area contributed by atoms with Gasteiger partial charge in [-0.2, -0.15) is 0 Å². The molecule has 4 nitrogen and oxygen atoms in total. The van der Waals surface area contributed by atoms with Gasteiger partial charge in [-0.25, -0.2) is 0 Å². The van der Waals surface area contributed by atoms with Gasteiger partial charge < -0.3 is 10.2 Å². The van der Waals surface area contributed by atoms with Gasteiger partial charge in [-0.05, 0) is 61.1 Å². The number of benzene rings is 2. The molecule has 1 aliphatic heterocycles. The van der Waals surface area contributed by atoms with Crippen LogP contribution in [0.4, 0.5) is 11.4 Å². The van der Waals surface area contributed by atoms with Crippen molar-refractivity contribution in [2.24, 2.45) is 0 Å². The fourth-order valence-electron chi connectivity index (χ4n) is 3.53. The highest BCUT2D eigenvalue weighted by atomic mass is 16.2. The Kier molecular flexibility index (Phi) is 6.28. The van der Waals surface area contributed by atoms with Crippen LogP contribution in [0.25, 0.3) is 0 Å². The molecule has 0 aromatic heterocycles. The average molecular weight is 364 g/mol. The van der Waals surface area contributed by atoms with E-state index in [1.54, 1.807) is 0 Å². The molecule has 0 bridgehead atoms. The largest absolute Gasteiger partial charge is 0.326 e. The molecule has 3 rings (SSSR count). The molecule has 0 atom stereocenters. The predicted octanol–water partition coefficient (Wildman–Crippen LogP) is 4.65. The van der Waals surface area contributed by atoms with Gasteiger partial charge in [0, 0.05) is 24.3 Å². The van der Waals surface area contributed by atoms with Crippen LogP contribution in [0.2, 0.25) is 0 Å². The van der Waals surface area contributed by atoms with Crippen LogP contribution in [0.1, 0.15) is 49.3 Å². The number of carbonyl (C=O) groups excluding carboxylic acids is 2. The summed E-state index contributed by atoms with van der Waals surface area (Å²) in [6, 6.07) is 14.0. The van der Waals surface area contributed by atoms with Crippen LogP contribution >= 0.6 is 0 Å². The Morgan fingerprint density at radius 1 is 1.11 bits per heavy atom. The van der Waals surface area contributed by atoms with E-state index in [1.807, 2.05) is 42.2 Å². The normalized spacial score (nSPS) is 13.9. The van der Waals surface area contributed by atoms with Crippen LogP contribution in [0.15, 0.2) is 42.5 Å². The Morgan fingerprint density at radius 3 is 2.48 bits per heavy atom. The van der Waals surface area contributed by atoms with Crippen molar-refractivity contribution in [1.29, 1.82) is 0 Å². The van der Waals surface area contributed by atoms with Crippen molar-refractivity contribution in [3.8, 4) is 0 Å². The van der Waals surface area contributed by atoms with Crippen molar-refractivity contribution in [3.63, 3.8) is 0 Å². The van der Waals surface area contributed by atoms with Crippen LogP contribution in [0.5, 0.6) is 0 Å². The van der Waals surface area contributed by atoms with Gasteiger partial charge in [0.2, 0.25) is 11.8 Å². The van der Waals surface area contributed by atoms with Crippen molar-refractivity contribution in [3.05, 3.63) is 59.2 Å². The second-order valence-corrected chi connectivity index (χ2v) is 7.30. The van der Waals surface area contributed by atoms with Crippen LogP contribution < -0.4 is 10.2 Å². The molecular formula is C23H28N2O2. The van der Waals surface area contributed by atoms with E-state index in [4.69, 9.17) is 0 Å². The molecule has 1 fully saturated rings. The number of carbonyl (C=O) groups is 2. The molecule has 1 heterocycles. The first-order valence-electron chi connectivity index (χ1n) is 9.85. The summed E-state index contributed by atoms with van der Waals surface area (Å²) in [5.74, 6) is 0.151. The monoisotopic (exact) mass is 364 g/mol. The molecule has 1 saturated heterocycles. The molecule has 2 aromatic carbocycles. The van der Waals surface area contributed by atoms with Crippen LogP contribution in [0.3, 0.4) is 0 Å². The number of rotatable bonds is 7. The van der Waals surface area contributed by atoms with Crippen molar-refractivity contribution in [2.75, 3.05) is 16.8 Å². The summed E-state index contributed by atoms with van der Waals surface area (Å²) in [5, 5.41) is 2.97. The second kappa shape index (κ2) is 8.85. The molecule has 0 radical (unpaired) electrons. The summed E-state index contributed by atoms with van der Waals surface area (Å²) < 4.78 is 0. The quantitative estimate of drug-likeness (QED) is 0.778. The molecule has 142 valence electrons. The van der Waals surface area contributed by atoms with E-state index >= 15 is 0 Å². The number of amides is 2. The number of anilines is 2. The van der Waals surface area contributed by atoms with Gasteiger partial charge >= 0.3 is 0 Å². The molecular weight excluding hydrogens is 336 g/mol. The van der Waals surface area contributed by atoms with Gasteiger partial charge in [-0.1, -0.05) is 37.6 Å². The highest BCUT2D eigenvalue weighted by Crippen LogP contribution is 2.27. The third-order valence-electron chi connectivity index (χ3n) is 5.05. The molecule has 0 saturated carbocycles. The maximum absolute atomic E-state index is 12.4. The molecule has 1 aliphatic rings. The van der Waals surface area contributed by atoms with Gasteiger partial charge in [0.1, 0.15) is 0 Å². The molecule has 1 N–H and O–H groups in total. The minimum absolute atomic E-state index is 0.0271. The lowest BCUT2D eigenvalue weighted by atomic mass is 10.0. The first-order valence-corrected chi connectivity index (χ1v) is 9.85. The Balaban J connectivity index is 1.59. The number of nitrogens with one attached hydrogen (secondary N) is 1.